The Kier molecular flexibility index (Phi) is 3.26. The second-order valence-electron chi connectivity index (χ2n) is 3.90. The third-order valence-corrected chi connectivity index (χ3v) is 4.15. The number of nitrogens with zero attached hydrogens (tertiary/aromatic N) is 2. The van der Waals surface area contributed by atoms with Crippen LogP contribution >= 0.6 is 22.9 Å². The number of hydrogen-bond donors (Lipinski definition) is 1. The van der Waals surface area contributed by atoms with Gasteiger partial charge in [-0.3, -0.25) is 0 Å². The van der Waals surface area contributed by atoms with Crippen LogP contribution in [0.2, 0.25) is 5.02 Å². The van der Waals surface area contributed by atoms with Crippen molar-refractivity contribution in [3.05, 3.63) is 33.8 Å². The van der Waals surface area contributed by atoms with Gasteiger partial charge in [0.1, 0.15) is 0 Å². The van der Waals surface area contributed by atoms with Gasteiger partial charge in [-0.05, 0) is 32.0 Å². The average molecular weight is 268 g/mol. The zero-order valence-electron chi connectivity index (χ0n) is 9.99. The lowest BCUT2D eigenvalue weighted by Gasteiger charge is -2.16. The second-order valence-corrected chi connectivity index (χ2v) is 5.49. The summed E-state index contributed by atoms with van der Waals surface area (Å²) in [5.41, 5.74) is 8.34. The van der Waals surface area contributed by atoms with Crippen LogP contribution in [0.25, 0.3) is 0 Å². The van der Waals surface area contributed by atoms with Crippen molar-refractivity contribution >= 4 is 39.4 Å². The van der Waals surface area contributed by atoms with E-state index in [2.05, 4.69) is 11.9 Å². The summed E-state index contributed by atoms with van der Waals surface area (Å²) in [5.74, 6) is 0. The monoisotopic (exact) mass is 267 g/mol. The van der Waals surface area contributed by atoms with Crippen molar-refractivity contribution < 1.29 is 0 Å². The maximum atomic E-state index is 6.01. The van der Waals surface area contributed by atoms with Crippen LogP contribution in [0.3, 0.4) is 0 Å². The van der Waals surface area contributed by atoms with Crippen molar-refractivity contribution in [2.24, 2.45) is 0 Å². The third kappa shape index (κ3) is 2.37. The maximum Gasteiger partial charge on any atom is 0.190 e. The molecule has 0 fully saturated rings. The lowest BCUT2D eigenvalue weighted by molar-refractivity contribution is 1.13. The summed E-state index contributed by atoms with van der Waals surface area (Å²) in [6, 6.07) is 5.59. The van der Waals surface area contributed by atoms with E-state index in [1.165, 1.54) is 4.88 Å². The Morgan fingerprint density at radius 1 is 1.35 bits per heavy atom. The van der Waals surface area contributed by atoms with E-state index >= 15 is 0 Å². The molecule has 1 aromatic carbocycles. The molecule has 2 N–H and O–H groups in total. The van der Waals surface area contributed by atoms with Crippen molar-refractivity contribution in [2.45, 2.75) is 13.8 Å². The number of rotatable bonds is 2. The number of aromatic nitrogens is 1. The van der Waals surface area contributed by atoms with Crippen LogP contribution in [0.1, 0.15) is 10.6 Å². The van der Waals surface area contributed by atoms with Crippen LogP contribution in [0.15, 0.2) is 18.2 Å². The molecule has 0 aliphatic carbocycles. The molecule has 3 nitrogen and oxygen atoms in total. The molecule has 0 spiro atoms. The van der Waals surface area contributed by atoms with Gasteiger partial charge in [-0.15, -0.1) is 11.3 Å². The predicted octanol–water partition coefficient (Wildman–Crippen LogP) is 3.76. The lowest BCUT2D eigenvalue weighted by atomic mass is 10.3. The summed E-state index contributed by atoms with van der Waals surface area (Å²) in [7, 11) is 1.97. The van der Waals surface area contributed by atoms with E-state index in [-0.39, 0.29) is 0 Å². The van der Waals surface area contributed by atoms with Gasteiger partial charge < -0.3 is 10.6 Å². The Balaban J connectivity index is 2.36. The summed E-state index contributed by atoms with van der Waals surface area (Å²) in [6.45, 7) is 4.08. The zero-order chi connectivity index (χ0) is 12.6. The molecule has 0 saturated heterocycles. The molecule has 0 unspecified atom stereocenters. The van der Waals surface area contributed by atoms with Gasteiger partial charge in [-0.2, -0.15) is 0 Å². The van der Waals surface area contributed by atoms with Gasteiger partial charge in [0.25, 0.3) is 0 Å². The van der Waals surface area contributed by atoms with Gasteiger partial charge >= 0.3 is 0 Å². The van der Waals surface area contributed by atoms with E-state index in [1.807, 2.05) is 37.1 Å². The van der Waals surface area contributed by atoms with Gasteiger partial charge in [0, 0.05) is 17.6 Å². The quantitative estimate of drug-likeness (QED) is 0.843. The zero-order valence-corrected chi connectivity index (χ0v) is 11.6. The Hall–Kier alpha value is -1.26. The molecule has 0 aliphatic heterocycles. The van der Waals surface area contributed by atoms with Crippen LogP contribution in [-0.2, 0) is 0 Å². The summed E-state index contributed by atoms with van der Waals surface area (Å²) < 4.78 is 0. The molecule has 0 amide bonds. The van der Waals surface area contributed by atoms with Crippen LogP contribution in [0.4, 0.5) is 16.5 Å². The predicted molar refractivity (Wildman–Crippen MR) is 75.5 cm³/mol. The van der Waals surface area contributed by atoms with E-state index in [0.717, 1.165) is 16.5 Å². The van der Waals surface area contributed by atoms with Gasteiger partial charge in [-0.1, -0.05) is 11.6 Å². The minimum absolute atomic E-state index is 0.569. The molecule has 2 rings (SSSR count). The van der Waals surface area contributed by atoms with Crippen LogP contribution in [0.5, 0.6) is 0 Å². The standard InChI is InChI=1S/C12H14ClN3S/c1-7-8(2)17-12(15-7)16(3)9-4-5-11(14)10(13)6-9/h4-6H,14H2,1-3H3. The van der Waals surface area contributed by atoms with Gasteiger partial charge in [0.2, 0.25) is 0 Å². The number of nitrogens with two attached hydrogens (primary N) is 1. The number of nitrogen functional groups attached to an aromatic ring is 1. The van der Waals surface area contributed by atoms with Crippen molar-refractivity contribution in [1.29, 1.82) is 0 Å². The smallest absolute Gasteiger partial charge is 0.190 e. The number of aryl methyl sites for hydroxylation is 2. The summed E-state index contributed by atoms with van der Waals surface area (Å²) in [5, 5.41) is 1.53. The number of benzene rings is 1. The Morgan fingerprint density at radius 3 is 2.59 bits per heavy atom. The van der Waals surface area contributed by atoms with Crippen molar-refractivity contribution in [2.75, 3.05) is 17.7 Å². The molecule has 2 aromatic rings. The number of hydrogen-bond acceptors (Lipinski definition) is 4. The maximum absolute atomic E-state index is 6.01. The van der Waals surface area contributed by atoms with Crippen molar-refractivity contribution in [3.8, 4) is 0 Å². The fourth-order valence-electron chi connectivity index (χ4n) is 1.43. The first-order chi connectivity index (χ1) is 7.99. The Bertz CT molecular complexity index is 531. The minimum atomic E-state index is 0.569. The molecule has 17 heavy (non-hydrogen) atoms. The van der Waals surface area contributed by atoms with E-state index in [1.54, 1.807) is 11.3 Å². The van der Waals surface area contributed by atoms with Gasteiger partial charge in [0.05, 0.1) is 16.4 Å². The Morgan fingerprint density at radius 2 is 2.06 bits per heavy atom. The summed E-state index contributed by atoms with van der Waals surface area (Å²) in [4.78, 5) is 7.75. The second kappa shape index (κ2) is 4.55. The molecule has 0 saturated carbocycles. The van der Waals surface area contributed by atoms with Gasteiger partial charge in [0.15, 0.2) is 5.13 Å². The van der Waals surface area contributed by atoms with E-state index in [9.17, 15) is 0 Å². The molecule has 0 radical (unpaired) electrons. The molecule has 5 heteroatoms. The van der Waals surface area contributed by atoms with E-state index in [0.29, 0.717) is 10.7 Å². The normalized spacial score (nSPS) is 10.6. The highest BCUT2D eigenvalue weighted by Crippen LogP contribution is 2.32. The van der Waals surface area contributed by atoms with Crippen LogP contribution in [-0.4, -0.2) is 12.0 Å². The van der Waals surface area contributed by atoms with E-state index in [4.69, 9.17) is 17.3 Å². The van der Waals surface area contributed by atoms with Crippen molar-refractivity contribution in [3.63, 3.8) is 0 Å². The van der Waals surface area contributed by atoms with Gasteiger partial charge in [-0.25, -0.2) is 4.98 Å². The highest BCUT2D eigenvalue weighted by atomic mass is 35.5. The largest absolute Gasteiger partial charge is 0.398 e. The molecule has 0 aliphatic rings. The molecule has 1 heterocycles. The molecule has 1 aromatic heterocycles. The first-order valence-electron chi connectivity index (χ1n) is 5.22. The molecular weight excluding hydrogens is 254 g/mol. The van der Waals surface area contributed by atoms with Crippen LogP contribution in [0, 0.1) is 13.8 Å². The number of anilines is 3. The summed E-state index contributed by atoms with van der Waals surface area (Å²) in [6.07, 6.45) is 0. The first kappa shape index (κ1) is 12.2. The number of thiazole rings is 1. The third-order valence-electron chi connectivity index (χ3n) is 2.68. The number of halogens is 1. The fourth-order valence-corrected chi connectivity index (χ4v) is 2.50. The molecule has 0 atom stereocenters. The minimum Gasteiger partial charge on any atom is -0.398 e. The lowest BCUT2D eigenvalue weighted by Crippen LogP contribution is -2.09. The average Bonchev–Trinajstić information content (AvgIpc) is 2.62. The highest BCUT2D eigenvalue weighted by molar-refractivity contribution is 7.15. The van der Waals surface area contributed by atoms with E-state index < -0.39 is 0 Å². The fraction of sp³-hybridized carbons (Fsp3) is 0.250. The van der Waals surface area contributed by atoms with Crippen LogP contribution < -0.4 is 10.6 Å². The molecular formula is C12H14ClN3S. The molecule has 90 valence electrons. The molecule has 0 bridgehead atoms. The van der Waals surface area contributed by atoms with Crippen molar-refractivity contribution in [1.82, 2.24) is 4.98 Å². The first-order valence-corrected chi connectivity index (χ1v) is 6.41. The highest BCUT2D eigenvalue weighted by Gasteiger charge is 2.11. The SMILES string of the molecule is Cc1nc(N(C)c2ccc(N)c(Cl)c2)sc1C. The topological polar surface area (TPSA) is 42.2 Å². The summed E-state index contributed by atoms with van der Waals surface area (Å²) >= 11 is 7.68. The Labute approximate surface area is 110 Å².